The highest BCUT2D eigenvalue weighted by atomic mass is 32.2. The quantitative estimate of drug-likeness (QED) is 0.781. The standard InChI is InChI=1S/C12H23NOS/c1-2-13-12-9-15-8-10(12)5-6-11-4-3-7-14-11/h10-13H,2-9H2,1H3. The summed E-state index contributed by atoms with van der Waals surface area (Å²) in [7, 11) is 0. The van der Waals surface area contributed by atoms with Gasteiger partial charge in [0.15, 0.2) is 0 Å². The van der Waals surface area contributed by atoms with Gasteiger partial charge in [-0.25, -0.2) is 0 Å². The lowest BCUT2D eigenvalue weighted by Gasteiger charge is -2.20. The molecule has 3 atom stereocenters. The van der Waals surface area contributed by atoms with Crippen molar-refractivity contribution >= 4 is 11.8 Å². The molecule has 2 fully saturated rings. The predicted octanol–water partition coefficient (Wildman–Crippen LogP) is 2.29. The Morgan fingerprint density at radius 1 is 1.33 bits per heavy atom. The fourth-order valence-electron chi connectivity index (χ4n) is 2.64. The summed E-state index contributed by atoms with van der Waals surface area (Å²) in [6.45, 7) is 4.32. The lowest BCUT2D eigenvalue weighted by Crippen LogP contribution is -2.35. The van der Waals surface area contributed by atoms with E-state index in [-0.39, 0.29) is 0 Å². The minimum atomic E-state index is 0.581. The summed E-state index contributed by atoms with van der Waals surface area (Å²) >= 11 is 2.11. The summed E-state index contributed by atoms with van der Waals surface area (Å²) in [5, 5.41) is 3.61. The van der Waals surface area contributed by atoms with Gasteiger partial charge < -0.3 is 10.1 Å². The van der Waals surface area contributed by atoms with Crippen molar-refractivity contribution in [3.8, 4) is 0 Å². The van der Waals surface area contributed by atoms with Gasteiger partial charge in [-0.05, 0) is 43.9 Å². The third-order valence-corrected chi connectivity index (χ3v) is 4.81. The highest BCUT2D eigenvalue weighted by Crippen LogP contribution is 2.30. The molecule has 2 saturated heterocycles. The first-order valence-electron chi connectivity index (χ1n) is 6.33. The smallest absolute Gasteiger partial charge is 0.0576 e. The molecule has 88 valence electrons. The molecule has 0 spiro atoms. The van der Waals surface area contributed by atoms with Crippen molar-refractivity contribution in [1.82, 2.24) is 5.32 Å². The zero-order valence-electron chi connectivity index (χ0n) is 9.71. The van der Waals surface area contributed by atoms with E-state index >= 15 is 0 Å². The van der Waals surface area contributed by atoms with Gasteiger partial charge in [0.2, 0.25) is 0 Å². The summed E-state index contributed by atoms with van der Waals surface area (Å²) in [6, 6.07) is 0.765. The van der Waals surface area contributed by atoms with Crippen molar-refractivity contribution in [2.24, 2.45) is 5.92 Å². The maximum atomic E-state index is 5.68. The second kappa shape index (κ2) is 6.12. The van der Waals surface area contributed by atoms with E-state index in [4.69, 9.17) is 4.74 Å². The summed E-state index contributed by atoms with van der Waals surface area (Å²) in [6.07, 6.45) is 5.80. The highest BCUT2D eigenvalue weighted by molar-refractivity contribution is 7.99. The average Bonchev–Trinajstić information content (AvgIpc) is 2.85. The molecule has 3 unspecified atom stereocenters. The van der Waals surface area contributed by atoms with Crippen molar-refractivity contribution in [3.05, 3.63) is 0 Å². The molecular formula is C12H23NOS. The van der Waals surface area contributed by atoms with Gasteiger partial charge in [-0.1, -0.05) is 6.92 Å². The summed E-state index contributed by atoms with van der Waals surface area (Å²) in [4.78, 5) is 0. The molecule has 15 heavy (non-hydrogen) atoms. The minimum Gasteiger partial charge on any atom is -0.378 e. The molecule has 0 radical (unpaired) electrons. The van der Waals surface area contributed by atoms with Crippen LogP contribution in [-0.2, 0) is 4.74 Å². The van der Waals surface area contributed by atoms with Crippen LogP contribution in [0, 0.1) is 5.92 Å². The normalized spacial score (nSPS) is 36.2. The highest BCUT2D eigenvalue weighted by Gasteiger charge is 2.28. The van der Waals surface area contributed by atoms with E-state index < -0.39 is 0 Å². The molecule has 0 aromatic carbocycles. The maximum absolute atomic E-state index is 5.68. The Hall–Kier alpha value is 0.270. The largest absolute Gasteiger partial charge is 0.378 e. The Kier molecular flexibility index (Phi) is 4.79. The van der Waals surface area contributed by atoms with E-state index in [9.17, 15) is 0 Å². The minimum absolute atomic E-state index is 0.581. The molecule has 0 aromatic rings. The SMILES string of the molecule is CCNC1CSCC1CCC1CCCO1. The van der Waals surface area contributed by atoms with Crippen molar-refractivity contribution < 1.29 is 4.74 Å². The van der Waals surface area contributed by atoms with Gasteiger partial charge in [-0.15, -0.1) is 0 Å². The Labute approximate surface area is 97.5 Å². The van der Waals surface area contributed by atoms with E-state index in [1.165, 1.54) is 37.2 Å². The van der Waals surface area contributed by atoms with Crippen LogP contribution in [0.15, 0.2) is 0 Å². The van der Waals surface area contributed by atoms with Crippen molar-refractivity contribution in [3.63, 3.8) is 0 Å². The molecule has 2 nitrogen and oxygen atoms in total. The predicted molar refractivity (Wildman–Crippen MR) is 66.5 cm³/mol. The van der Waals surface area contributed by atoms with E-state index in [0.717, 1.165) is 25.1 Å². The number of rotatable bonds is 5. The van der Waals surface area contributed by atoms with Gasteiger partial charge in [-0.2, -0.15) is 11.8 Å². The zero-order chi connectivity index (χ0) is 10.5. The van der Waals surface area contributed by atoms with E-state index in [0.29, 0.717) is 6.10 Å². The zero-order valence-corrected chi connectivity index (χ0v) is 10.5. The first kappa shape index (κ1) is 11.7. The summed E-state index contributed by atoms with van der Waals surface area (Å²) in [5.74, 6) is 3.55. The lowest BCUT2D eigenvalue weighted by atomic mass is 9.95. The van der Waals surface area contributed by atoms with Crippen molar-refractivity contribution in [1.29, 1.82) is 0 Å². The summed E-state index contributed by atoms with van der Waals surface area (Å²) < 4.78 is 5.68. The van der Waals surface area contributed by atoms with Crippen molar-refractivity contribution in [2.75, 3.05) is 24.7 Å². The van der Waals surface area contributed by atoms with Crippen molar-refractivity contribution in [2.45, 2.75) is 44.8 Å². The fraction of sp³-hybridized carbons (Fsp3) is 1.00. The first-order chi connectivity index (χ1) is 7.40. The third-order valence-electron chi connectivity index (χ3n) is 3.55. The first-order valence-corrected chi connectivity index (χ1v) is 7.48. The Morgan fingerprint density at radius 2 is 2.27 bits per heavy atom. The van der Waals surface area contributed by atoms with Gasteiger partial charge in [0.1, 0.15) is 0 Å². The Morgan fingerprint density at radius 3 is 3.00 bits per heavy atom. The molecule has 2 aliphatic rings. The van der Waals surface area contributed by atoms with Crippen LogP contribution in [-0.4, -0.2) is 36.8 Å². The van der Waals surface area contributed by atoms with E-state index in [2.05, 4.69) is 24.0 Å². The average molecular weight is 229 g/mol. The molecule has 0 aliphatic carbocycles. The Balaban J connectivity index is 1.68. The molecule has 0 aromatic heterocycles. The molecule has 1 N–H and O–H groups in total. The number of ether oxygens (including phenoxy) is 1. The molecule has 0 amide bonds. The second-order valence-corrected chi connectivity index (χ2v) is 5.75. The number of hydrogen-bond acceptors (Lipinski definition) is 3. The van der Waals surface area contributed by atoms with E-state index in [1.54, 1.807) is 0 Å². The van der Waals surface area contributed by atoms with E-state index in [1.807, 2.05) is 0 Å². The van der Waals surface area contributed by atoms with Crippen LogP contribution >= 0.6 is 11.8 Å². The number of thioether (sulfide) groups is 1. The number of hydrogen-bond donors (Lipinski definition) is 1. The second-order valence-electron chi connectivity index (χ2n) is 4.67. The van der Waals surface area contributed by atoms with Crippen LogP contribution in [0.2, 0.25) is 0 Å². The molecule has 2 rings (SSSR count). The van der Waals surface area contributed by atoms with Crippen LogP contribution in [0.25, 0.3) is 0 Å². The van der Waals surface area contributed by atoms with Crippen LogP contribution in [0.4, 0.5) is 0 Å². The molecule has 2 aliphatic heterocycles. The van der Waals surface area contributed by atoms with Crippen LogP contribution in [0.5, 0.6) is 0 Å². The lowest BCUT2D eigenvalue weighted by molar-refractivity contribution is 0.0978. The molecule has 3 heteroatoms. The van der Waals surface area contributed by atoms with Gasteiger partial charge >= 0.3 is 0 Å². The van der Waals surface area contributed by atoms with Crippen LogP contribution in [0.1, 0.15) is 32.6 Å². The van der Waals surface area contributed by atoms with Crippen LogP contribution in [0.3, 0.4) is 0 Å². The molecular weight excluding hydrogens is 206 g/mol. The van der Waals surface area contributed by atoms with Gasteiger partial charge in [0.05, 0.1) is 6.10 Å². The monoisotopic (exact) mass is 229 g/mol. The van der Waals surface area contributed by atoms with Gasteiger partial charge in [0, 0.05) is 18.4 Å². The maximum Gasteiger partial charge on any atom is 0.0576 e. The molecule has 2 heterocycles. The van der Waals surface area contributed by atoms with Gasteiger partial charge in [-0.3, -0.25) is 0 Å². The Bertz CT molecular complexity index is 182. The molecule has 0 saturated carbocycles. The third kappa shape index (κ3) is 3.36. The number of nitrogens with one attached hydrogen (secondary N) is 1. The summed E-state index contributed by atoms with van der Waals surface area (Å²) in [5.41, 5.74) is 0. The molecule has 0 bridgehead atoms. The topological polar surface area (TPSA) is 21.3 Å². The fourth-order valence-corrected chi connectivity index (χ4v) is 4.12. The van der Waals surface area contributed by atoms with Gasteiger partial charge in [0.25, 0.3) is 0 Å². The van der Waals surface area contributed by atoms with Crippen LogP contribution < -0.4 is 5.32 Å².